The molecule has 0 aliphatic carbocycles. The number of piperidine rings is 1. The van der Waals surface area contributed by atoms with Crippen LogP contribution < -0.4 is 16.0 Å². The zero-order valence-electron chi connectivity index (χ0n) is 26.9. The molecule has 1 fully saturated rings. The number of carbonyl (C=O) groups is 3. The maximum Gasteiger partial charge on any atom is 0.243 e. The van der Waals surface area contributed by atoms with Gasteiger partial charge in [-0.25, -0.2) is 4.98 Å². The number of nitrogens with zero attached hydrogens (tertiary/aromatic N) is 2. The Hall–Kier alpha value is -2.23. The van der Waals surface area contributed by atoms with E-state index in [1.165, 1.54) is 19.3 Å². The van der Waals surface area contributed by atoms with Crippen molar-refractivity contribution in [1.82, 2.24) is 25.8 Å². The highest BCUT2D eigenvalue weighted by Crippen LogP contribution is 2.23. The maximum absolute atomic E-state index is 12.6. The number of carbonyl (C=O) groups excluding carboxylic acids is 3. The number of aromatic nitrogens is 1. The Morgan fingerprint density at radius 1 is 1.15 bits per heavy atom. The smallest absolute Gasteiger partial charge is 0.243 e. The topological polar surface area (TPSA) is 103 Å². The molecule has 10 heteroatoms. The van der Waals surface area contributed by atoms with Crippen molar-refractivity contribution in [3.63, 3.8) is 0 Å². The number of nitrogens with one attached hydrogen (secondary N) is 3. The summed E-state index contributed by atoms with van der Waals surface area (Å²) in [5, 5.41) is 9.96. The average Bonchev–Trinajstić information content (AvgIpc) is 3.34. The number of aryl methyl sites for hydroxylation is 2. The predicted molar refractivity (Wildman–Crippen MR) is 176 cm³/mol. The van der Waals surface area contributed by atoms with Gasteiger partial charge in [0.25, 0.3) is 0 Å². The summed E-state index contributed by atoms with van der Waals surface area (Å²) in [6.45, 7) is 19.4. The van der Waals surface area contributed by atoms with E-state index in [4.69, 9.17) is 16.4 Å². The van der Waals surface area contributed by atoms with E-state index in [1.54, 1.807) is 24.5 Å². The van der Waals surface area contributed by atoms with Crippen LogP contribution in [-0.2, 0) is 20.8 Å². The zero-order valence-corrected chi connectivity index (χ0v) is 28.5. The van der Waals surface area contributed by atoms with Crippen molar-refractivity contribution in [2.75, 3.05) is 33.2 Å². The summed E-state index contributed by atoms with van der Waals surface area (Å²) in [6, 6.07) is -0.0997. The Labute approximate surface area is 258 Å². The quantitative estimate of drug-likeness (QED) is 0.185. The molecule has 1 saturated heterocycles. The summed E-state index contributed by atoms with van der Waals surface area (Å²) in [5.74, 6) is 0.133. The van der Waals surface area contributed by atoms with Gasteiger partial charge in [0.2, 0.25) is 18.2 Å². The molecule has 2 heterocycles. The van der Waals surface area contributed by atoms with Crippen LogP contribution in [0, 0.1) is 12.8 Å². The van der Waals surface area contributed by atoms with Crippen molar-refractivity contribution in [2.24, 2.45) is 5.92 Å². The van der Waals surface area contributed by atoms with Crippen LogP contribution in [0.1, 0.15) is 96.1 Å². The first-order valence-electron chi connectivity index (χ1n) is 15.1. The highest BCUT2D eigenvalue weighted by Gasteiger charge is 2.19. The normalized spacial score (nSPS) is 14.6. The number of amides is 3. The van der Waals surface area contributed by atoms with Crippen LogP contribution in [-0.4, -0.2) is 67.4 Å². The van der Waals surface area contributed by atoms with Crippen molar-refractivity contribution >= 4 is 47.2 Å². The van der Waals surface area contributed by atoms with E-state index >= 15 is 0 Å². The third-order valence-corrected chi connectivity index (χ3v) is 7.42. The Morgan fingerprint density at radius 2 is 1.76 bits per heavy atom. The lowest BCUT2D eigenvalue weighted by Crippen LogP contribution is -2.47. The van der Waals surface area contributed by atoms with Gasteiger partial charge in [-0.05, 0) is 51.8 Å². The van der Waals surface area contributed by atoms with Gasteiger partial charge < -0.3 is 16.0 Å². The number of rotatable bonds is 13. The summed E-state index contributed by atoms with van der Waals surface area (Å²) < 4.78 is 0. The number of hydrogen-bond donors (Lipinski definition) is 3. The molecule has 0 saturated carbocycles. The molecular formula is C31H56ClN5O3S. The van der Waals surface area contributed by atoms with E-state index in [2.05, 4.69) is 39.7 Å². The molecule has 41 heavy (non-hydrogen) atoms. The van der Waals surface area contributed by atoms with E-state index in [0.717, 1.165) is 41.6 Å². The van der Waals surface area contributed by atoms with Crippen LogP contribution in [0.3, 0.4) is 0 Å². The number of allylic oxidation sites excluding steroid dienone is 1. The van der Waals surface area contributed by atoms with E-state index in [0.29, 0.717) is 30.8 Å². The summed E-state index contributed by atoms with van der Waals surface area (Å²) >= 11 is 7.55. The van der Waals surface area contributed by atoms with Crippen LogP contribution in [0.4, 0.5) is 0 Å². The first kappa shape index (κ1) is 40.9. The van der Waals surface area contributed by atoms with Crippen molar-refractivity contribution in [1.29, 1.82) is 0 Å². The summed E-state index contributed by atoms with van der Waals surface area (Å²) in [4.78, 5) is 41.9. The Kier molecular flexibility index (Phi) is 26.6. The Bertz CT molecular complexity index is 894. The monoisotopic (exact) mass is 613 g/mol. The lowest BCUT2D eigenvalue weighted by Gasteiger charge is -2.25. The van der Waals surface area contributed by atoms with E-state index < -0.39 is 0 Å². The number of likely N-dealkylation sites (tertiary alicyclic amines) is 1. The first-order valence-corrected chi connectivity index (χ1v) is 16.3. The van der Waals surface area contributed by atoms with Gasteiger partial charge >= 0.3 is 0 Å². The molecule has 1 aromatic heterocycles. The molecule has 2 unspecified atom stereocenters. The van der Waals surface area contributed by atoms with Gasteiger partial charge in [0.1, 0.15) is 0 Å². The first-order chi connectivity index (χ1) is 19.7. The molecule has 8 nitrogen and oxygen atoms in total. The van der Waals surface area contributed by atoms with Gasteiger partial charge in [-0.1, -0.05) is 72.1 Å². The molecule has 1 aromatic rings. The highest BCUT2D eigenvalue weighted by molar-refractivity contribution is 7.12. The van der Waals surface area contributed by atoms with Crippen LogP contribution in [0.2, 0.25) is 0 Å². The van der Waals surface area contributed by atoms with Crippen LogP contribution >= 0.6 is 22.9 Å². The van der Waals surface area contributed by atoms with Gasteiger partial charge in [-0.15, -0.1) is 11.3 Å². The molecule has 2 rings (SSSR count). The molecule has 0 aromatic carbocycles. The predicted octanol–water partition coefficient (Wildman–Crippen LogP) is 6.09. The molecule has 3 N–H and O–H groups in total. The Morgan fingerprint density at radius 3 is 2.29 bits per heavy atom. The molecule has 0 radical (unpaired) electrons. The molecule has 3 amide bonds. The van der Waals surface area contributed by atoms with Crippen molar-refractivity contribution in [2.45, 2.75) is 100.0 Å². The largest absolute Gasteiger partial charge is 0.362 e. The van der Waals surface area contributed by atoms with Crippen molar-refractivity contribution < 1.29 is 14.4 Å². The van der Waals surface area contributed by atoms with Crippen LogP contribution in [0.5, 0.6) is 0 Å². The number of halogens is 1. The van der Waals surface area contributed by atoms with Crippen molar-refractivity contribution in [3.05, 3.63) is 32.8 Å². The minimum absolute atomic E-state index is 0.0198. The average molecular weight is 614 g/mol. The van der Waals surface area contributed by atoms with Gasteiger partial charge in [0.15, 0.2) is 0 Å². The number of hydrogen-bond acceptors (Lipinski definition) is 6. The molecule has 1 aliphatic heterocycles. The van der Waals surface area contributed by atoms with Crippen LogP contribution in [0.15, 0.2) is 17.2 Å². The van der Waals surface area contributed by atoms with Gasteiger partial charge in [-0.3, -0.25) is 19.3 Å². The zero-order chi connectivity index (χ0) is 31.6. The molecule has 236 valence electrons. The summed E-state index contributed by atoms with van der Waals surface area (Å²) in [7, 11) is 1.56. The van der Waals surface area contributed by atoms with Gasteiger partial charge in [0, 0.05) is 50.1 Å². The SMILES string of the molecule is CC.CC.CCC(C)C(CNC(=O)/C=C/CN1CCCCC1)NC(=O)CCc1nc(C)c(/C=C(\C)Cl)s1.CNC=O. The minimum atomic E-state index is -0.108. The minimum Gasteiger partial charge on any atom is -0.362 e. The lowest BCUT2D eigenvalue weighted by molar-refractivity contribution is -0.122. The fourth-order valence-electron chi connectivity index (χ4n) is 3.79. The van der Waals surface area contributed by atoms with E-state index in [9.17, 15) is 9.59 Å². The molecule has 1 aliphatic rings. The van der Waals surface area contributed by atoms with Gasteiger partial charge in [-0.2, -0.15) is 0 Å². The molecule has 2 atom stereocenters. The third kappa shape index (κ3) is 20.3. The standard InChI is InChI=1S/C25H39ClN4O2S.C2H5NO.2C2H6/c1-5-18(2)21(17-27-23(31)10-9-15-30-13-7-6-8-14-30)29-24(32)11-12-25-28-20(4)22(33-25)16-19(3)26;1-3-2-4;2*1-2/h9-10,16,18,21H,5-8,11-15,17H2,1-4H3,(H,27,31)(H,29,32);2H,1H3,(H,3,4);2*1-2H3/b10-9+,19-16+;;;. The second-order valence-electron chi connectivity index (χ2n) is 9.26. The Balaban J connectivity index is 0. The fourth-order valence-corrected chi connectivity index (χ4v) is 5.03. The van der Waals surface area contributed by atoms with E-state index in [1.807, 2.05) is 53.7 Å². The maximum atomic E-state index is 12.6. The van der Waals surface area contributed by atoms with Crippen molar-refractivity contribution in [3.8, 4) is 0 Å². The van der Waals surface area contributed by atoms with E-state index in [-0.39, 0.29) is 23.8 Å². The second-order valence-corrected chi connectivity index (χ2v) is 11.0. The van der Waals surface area contributed by atoms with Crippen LogP contribution in [0.25, 0.3) is 6.08 Å². The lowest BCUT2D eigenvalue weighted by atomic mass is 9.98. The van der Waals surface area contributed by atoms with Gasteiger partial charge in [0.05, 0.1) is 15.6 Å². The molecule has 0 spiro atoms. The molecule has 0 bridgehead atoms. The highest BCUT2D eigenvalue weighted by atomic mass is 35.5. The number of thiazole rings is 1. The molecular weight excluding hydrogens is 558 g/mol. The summed E-state index contributed by atoms with van der Waals surface area (Å²) in [6.07, 6.45) is 11.7. The third-order valence-electron chi connectivity index (χ3n) is 6.15. The summed E-state index contributed by atoms with van der Waals surface area (Å²) in [5.41, 5.74) is 0.934. The fraction of sp³-hybridized carbons (Fsp3) is 0.677. The second kappa shape index (κ2) is 26.7.